The van der Waals surface area contributed by atoms with Crippen LogP contribution in [0.4, 0.5) is 0 Å². The fourth-order valence-electron chi connectivity index (χ4n) is 9.28. The van der Waals surface area contributed by atoms with Crippen molar-refractivity contribution >= 4 is 36.5 Å². The number of rotatable bonds is 17. The minimum Gasteiger partial charge on any atom is -0.470 e. The van der Waals surface area contributed by atoms with Gasteiger partial charge in [-0.3, -0.25) is 19.3 Å². The van der Waals surface area contributed by atoms with Gasteiger partial charge in [0.15, 0.2) is 12.4 Å². The fourth-order valence-corrected chi connectivity index (χ4v) is 13.8. The molecule has 5 aromatic carbocycles. The summed E-state index contributed by atoms with van der Waals surface area (Å²) < 4.78 is 54.1. The SMILES string of the molecule is CC(=O)O[C@H]1[C@H](O[C@H]2OC=C[C@H](OCc3ccccc3)[C@H]2OCc2ccccc2)[C@@H](CO[Si](c2ccccc2)(c2ccccc2)C(C)(C)C)O[C@@H](OC(C)C)[C@@H]1N1C(=O)c2ccccc2C1=O. The number of ether oxygens (including phenoxy) is 7. The van der Waals surface area contributed by atoms with Crippen LogP contribution in [0.15, 0.2) is 158 Å². The van der Waals surface area contributed by atoms with Gasteiger partial charge in [0.25, 0.3) is 20.1 Å². The Morgan fingerprint density at radius 3 is 1.69 bits per heavy atom. The standard InChI is InChI=1S/C54H59NO11Si/c1-36(2)63-52-46(55-50(57)42-29-19-20-30-43(42)51(55)58)49(64-37(3)56)47(45(65-52)35-62-67(54(4,5)6,40-25-15-9-16-26-40)41-27-17-10-18-28-41)66-53-48(61-34-39-23-13-8-14-24-39)44(31-32-59-53)60-33-38-21-11-7-12-22-38/h7-32,36,44-49,52-53H,33-35H2,1-6H3/t44-,45+,46+,47+,48+,49+,52+,53+/m0/s1. The van der Waals surface area contributed by atoms with E-state index in [-0.39, 0.29) is 30.9 Å². The number of esters is 1. The number of fused-ring (bicyclic) bond motifs is 1. The van der Waals surface area contributed by atoms with Crippen LogP contribution < -0.4 is 10.4 Å². The van der Waals surface area contributed by atoms with E-state index in [9.17, 15) is 14.4 Å². The van der Waals surface area contributed by atoms with Crippen LogP contribution in [-0.4, -0.2) is 92.9 Å². The highest BCUT2D eigenvalue weighted by molar-refractivity contribution is 6.99. The van der Waals surface area contributed by atoms with Gasteiger partial charge in [0.1, 0.15) is 30.5 Å². The van der Waals surface area contributed by atoms with Crippen LogP contribution in [-0.2, 0) is 55.6 Å². The van der Waals surface area contributed by atoms with E-state index in [2.05, 4.69) is 45.0 Å². The first kappa shape index (κ1) is 47.7. The molecule has 0 N–H and O–H groups in total. The molecular formula is C54H59NO11Si. The van der Waals surface area contributed by atoms with Crippen molar-refractivity contribution in [3.05, 3.63) is 180 Å². The number of benzene rings is 5. The van der Waals surface area contributed by atoms with Crippen LogP contribution in [0.2, 0.25) is 5.04 Å². The van der Waals surface area contributed by atoms with Crippen LogP contribution in [0.1, 0.15) is 73.4 Å². The molecule has 0 saturated carbocycles. The molecule has 3 heterocycles. The van der Waals surface area contributed by atoms with Gasteiger partial charge in [0.2, 0.25) is 6.29 Å². The number of amides is 2. The Hall–Kier alpha value is -5.77. The van der Waals surface area contributed by atoms with Crippen LogP contribution >= 0.6 is 0 Å². The average Bonchev–Trinajstić information content (AvgIpc) is 3.57. The summed E-state index contributed by atoms with van der Waals surface area (Å²) in [4.78, 5) is 43.5. The molecule has 0 radical (unpaired) electrons. The molecule has 1 fully saturated rings. The van der Waals surface area contributed by atoms with E-state index in [1.807, 2.05) is 111 Å². The summed E-state index contributed by atoms with van der Waals surface area (Å²) in [6.45, 7) is 11.8. The summed E-state index contributed by atoms with van der Waals surface area (Å²) in [6, 6.07) is 45.1. The first-order valence-corrected chi connectivity index (χ1v) is 24.7. The van der Waals surface area contributed by atoms with E-state index in [4.69, 9.17) is 37.6 Å². The van der Waals surface area contributed by atoms with Gasteiger partial charge in [0, 0.05) is 6.92 Å². The zero-order chi connectivity index (χ0) is 47.1. The molecule has 0 bridgehead atoms. The summed E-state index contributed by atoms with van der Waals surface area (Å²) in [5.74, 6) is -1.85. The van der Waals surface area contributed by atoms with Crippen molar-refractivity contribution in [2.24, 2.45) is 0 Å². The summed E-state index contributed by atoms with van der Waals surface area (Å²) in [5, 5.41) is 1.64. The van der Waals surface area contributed by atoms with Crippen molar-refractivity contribution in [2.75, 3.05) is 6.61 Å². The predicted molar refractivity (Wildman–Crippen MR) is 254 cm³/mol. The Bertz CT molecular complexity index is 2390. The molecule has 67 heavy (non-hydrogen) atoms. The van der Waals surface area contributed by atoms with Crippen molar-refractivity contribution in [1.29, 1.82) is 0 Å². The van der Waals surface area contributed by atoms with Gasteiger partial charge in [-0.2, -0.15) is 0 Å². The van der Waals surface area contributed by atoms with Crippen LogP contribution in [0.5, 0.6) is 0 Å². The third-order valence-corrected chi connectivity index (χ3v) is 17.3. The van der Waals surface area contributed by atoms with E-state index in [0.717, 1.165) is 26.4 Å². The second-order valence-electron chi connectivity index (χ2n) is 18.2. The molecule has 8 rings (SSSR count). The van der Waals surface area contributed by atoms with E-state index in [1.165, 1.54) is 13.2 Å². The van der Waals surface area contributed by atoms with Gasteiger partial charge in [-0.25, -0.2) is 0 Å². The highest BCUT2D eigenvalue weighted by atomic mass is 28.4. The van der Waals surface area contributed by atoms with Crippen molar-refractivity contribution in [2.45, 2.75) is 115 Å². The summed E-state index contributed by atoms with van der Waals surface area (Å²) in [5.41, 5.74) is 2.28. The summed E-state index contributed by atoms with van der Waals surface area (Å²) in [7, 11) is -3.24. The lowest BCUT2D eigenvalue weighted by Gasteiger charge is -2.50. The number of carbonyl (C=O) groups excluding carboxylic acids is 3. The first-order valence-electron chi connectivity index (χ1n) is 22.8. The summed E-state index contributed by atoms with van der Waals surface area (Å²) >= 11 is 0. The summed E-state index contributed by atoms with van der Waals surface area (Å²) in [6.07, 6.45) is -4.88. The molecule has 0 aromatic heterocycles. The van der Waals surface area contributed by atoms with Crippen LogP contribution in [0.25, 0.3) is 0 Å². The number of imide groups is 1. The molecule has 3 aliphatic heterocycles. The molecule has 8 atom stereocenters. The Balaban J connectivity index is 1.23. The number of carbonyl (C=O) groups is 3. The van der Waals surface area contributed by atoms with Gasteiger partial charge in [-0.15, -0.1) is 0 Å². The van der Waals surface area contributed by atoms with Gasteiger partial charge in [-0.05, 0) is 58.6 Å². The average molecular weight is 926 g/mol. The molecule has 3 aliphatic rings. The highest BCUT2D eigenvalue weighted by Crippen LogP contribution is 2.40. The number of hydrogen-bond donors (Lipinski definition) is 0. The molecule has 13 heteroatoms. The number of hydrogen-bond acceptors (Lipinski definition) is 11. The lowest BCUT2D eigenvalue weighted by Crippen LogP contribution is -2.70. The molecule has 0 aliphatic carbocycles. The van der Waals surface area contributed by atoms with Gasteiger partial charge in [-0.1, -0.05) is 154 Å². The lowest BCUT2D eigenvalue weighted by molar-refractivity contribution is -0.327. The van der Waals surface area contributed by atoms with Crippen molar-refractivity contribution < 1.29 is 52.0 Å². The fraction of sp³-hybridized carbons (Fsp3) is 0.352. The minimum atomic E-state index is -3.24. The van der Waals surface area contributed by atoms with Gasteiger partial charge in [0.05, 0.1) is 43.3 Å². The molecule has 0 unspecified atom stereocenters. The minimum absolute atomic E-state index is 0.0887. The Morgan fingerprint density at radius 1 is 0.672 bits per heavy atom. The van der Waals surface area contributed by atoms with E-state index < -0.39 is 86.4 Å². The zero-order valence-corrected chi connectivity index (χ0v) is 39.8. The Kier molecular flexibility index (Phi) is 15.0. The van der Waals surface area contributed by atoms with Gasteiger partial charge < -0.3 is 37.6 Å². The van der Waals surface area contributed by atoms with E-state index in [1.54, 1.807) is 30.3 Å². The second kappa shape index (κ2) is 21.0. The Labute approximate surface area is 393 Å². The molecular weight excluding hydrogens is 867 g/mol. The maximum Gasteiger partial charge on any atom is 0.303 e. The van der Waals surface area contributed by atoms with Crippen molar-refractivity contribution in [3.8, 4) is 0 Å². The van der Waals surface area contributed by atoms with Crippen LogP contribution in [0, 0.1) is 0 Å². The molecule has 2 amide bonds. The maximum atomic E-state index is 14.5. The molecule has 350 valence electrons. The molecule has 5 aromatic rings. The molecule has 1 saturated heterocycles. The first-order chi connectivity index (χ1) is 32.4. The third-order valence-electron chi connectivity index (χ3n) is 12.3. The highest BCUT2D eigenvalue weighted by Gasteiger charge is 2.59. The second-order valence-corrected chi connectivity index (χ2v) is 22.6. The third kappa shape index (κ3) is 10.4. The van der Waals surface area contributed by atoms with E-state index >= 15 is 0 Å². The van der Waals surface area contributed by atoms with Crippen molar-refractivity contribution in [3.63, 3.8) is 0 Å². The largest absolute Gasteiger partial charge is 0.470 e. The molecule has 12 nitrogen and oxygen atoms in total. The normalized spacial score (nSPS) is 24.1. The maximum absolute atomic E-state index is 14.5. The predicted octanol–water partition coefficient (Wildman–Crippen LogP) is 7.74. The smallest absolute Gasteiger partial charge is 0.303 e. The van der Waals surface area contributed by atoms with Gasteiger partial charge >= 0.3 is 5.97 Å². The molecule has 0 spiro atoms. The topological polar surface area (TPSA) is 128 Å². The monoisotopic (exact) mass is 925 g/mol. The van der Waals surface area contributed by atoms with E-state index in [0.29, 0.717) is 0 Å². The van der Waals surface area contributed by atoms with Crippen molar-refractivity contribution in [1.82, 2.24) is 4.90 Å². The Morgan fingerprint density at radius 2 is 1.18 bits per heavy atom. The van der Waals surface area contributed by atoms with Crippen LogP contribution in [0.3, 0.4) is 0 Å². The zero-order valence-electron chi connectivity index (χ0n) is 38.8. The quantitative estimate of drug-likeness (QED) is 0.0517. The lowest BCUT2D eigenvalue weighted by atomic mass is 9.94. The number of nitrogens with zero attached hydrogens (tertiary/aromatic N) is 1.